The summed E-state index contributed by atoms with van der Waals surface area (Å²) in [5.74, 6) is 4.56. The monoisotopic (exact) mass is 385 g/mol. The topological polar surface area (TPSA) is 51.5 Å². The number of hydrogen-bond acceptors (Lipinski definition) is 4. The molecule has 2 rings (SSSR count). The lowest BCUT2D eigenvalue weighted by Gasteiger charge is -2.10. The minimum atomic E-state index is -0.920. The van der Waals surface area contributed by atoms with E-state index in [1.165, 1.54) is 6.07 Å². The number of nitrogens with zero attached hydrogens (tertiary/aromatic N) is 1. The van der Waals surface area contributed by atoms with Crippen molar-refractivity contribution in [2.45, 2.75) is 13.8 Å². The highest BCUT2D eigenvalue weighted by molar-refractivity contribution is 5.53. The van der Waals surface area contributed by atoms with Gasteiger partial charge in [0.2, 0.25) is 0 Å². The van der Waals surface area contributed by atoms with E-state index in [1.807, 2.05) is 26.0 Å². The Morgan fingerprint density at radius 3 is 2.04 bits per heavy atom. The Labute approximate surface area is 163 Å². The molecule has 0 amide bonds. The van der Waals surface area contributed by atoms with E-state index in [9.17, 15) is 8.78 Å². The smallest absolute Gasteiger partial charge is 0.145 e. The molecule has 0 N–H and O–H groups in total. The number of ether oxygens (including phenoxy) is 3. The molecule has 0 aliphatic heterocycles. The van der Waals surface area contributed by atoms with Gasteiger partial charge < -0.3 is 14.2 Å². The summed E-state index contributed by atoms with van der Waals surface area (Å²) in [7, 11) is 1.62. The number of methoxy groups -OCH3 is 1. The number of benzene rings is 2. The quantitative estimate of drug-likeness (QED) is 0.536. The van der Waals surface area contributed by atoms with Crippen molar-refractivity contribution >= 4 is 0 Å². The van der Waals surface area contributed by atoms with E-state index < -0.39 is 17.2 Å². The molecule has 0 aliphatic carbocycles. The highest BCUT2D eigenvalue weighted by Crippen LogP contribution is 2.21. The van der Waals surface area contributed by atoms with Crippen LogP contribution in [-0.2, 0) is 9.47 Å². The van der Waals surface area contributed by atoms with Crippen molar-refractivity contribution < 1.29 is 23.0 Å². The summed E-state index contributed by atoms with van der Waals surface area (Å²) in [6.07, 6.45) is 0. The normalized spacial score (nSPS) is 10.1. The number of aryl methyl sites for hydroxylation is 2. The predicted molar refractivity (Wildman–Crippen MR) is 101 cm³/mol. The van der Waals surface area contributed by atoms with Crippen molar-refractivity contribution in [3.05, 3.63) is 63.7 Å². The Morgan fingerprint density at radius 1 is 0.857 bits per heavy atom. The van der Waals surface area contributed by atoms with Crippen molar-refractivity contribution in [2.24, 2.45) is 0 Å². The summed E-state index contributed by atoms with van der Waals surface area (Å²) < 4.78 is 43.3. The van der Waals surface area contributed by atoms with Crippen molar-refractivity contribution in [1.29, 1.82) is 5.26 Å². The van der Waals surface area contributed by atoms with Gasteiger partial charge in [-0.15, -0.1) is 0 Å². The highest BCUT2D eigenvalue weighted by atomic mass is 19.1. The minimum absolute atomic E-state index is 0.168. The van der Waals surface area contributed by atoms with Gasteiger partial charge in [-0.3, -0.25) is 0 Å². The first kappa shape index (κ1) is 21.4. The summed E-state index contributed by atoms with van der Waals surface area (Å²) in [6.45, 7) is 5.70. The van der Waals surface area contributed by atoms with Gasteiger partial charge in [0.05, 0.1) is 19.8 Å². The molecule has 146 valence electrons. The number of halogens is 2. The van der Waals surface area contributed by atoms with Gasteiger partial charge in [-0.25, -0.2) is 8.78 Å². The SMILES string of the molecule is COCCOCCOc1cc(C)c(C#Cc2cc(F)c(C#N)c(F)c2)c(C)c1. The fourth-order valence-electron chi connectivity index (χ4n) is 2.55. The predicted octanol–water partition coefficient (Wildman–Crippen LogP) is 3.89. The fourth-order valence-corrected chi connectivity index (χ4v) is 2.55. The number of rotatable bonds is 7. The molecule has 0 spiro atoms. The molecule has 2 aromatic carbocycles. The van der Waals surface area contributed by atoms with Gasteiger partial charge in [-0.1, -0.05) is 11.8 Å². The van der Waals surface area contributed by atoms with Crippen LogP contribution in [0.15, 0.2) is 24.3 Å². The summed E-state index contributed by atoms with van der Waals surface area (Å²) in [6, 6.07) is 7.31. The Kier molecular flexibility index (Phi) is 7.95. The molecule has 0 atom stereocenters. The van der Waals surface area contributed by atoms with Gasteiger partial charge in [0.1, 0.15) is 35.6 Å². The third-order valence-electron chi connectivity index (χ3n) is 3.92. The molecule has 28 heavy (non-hydrogen) atoms. The number of hydrogen-bond donors (Lipinski definition) is 0. The summed E-state index contributed by atoms with van der Waals surface area (Å²) in [5, 5.41) is 8.72. The fraction of sp³-hybridized carbons (Fsp3) is 0.318. The summed E-state index contributed by atoms with van der Waals surface area (Å²) in [4.78, 5) is 0. The van der Waals surface area contributed by atoms with E-state index in [0.29, 0.717) is 32.2 Å². The average Bonchev–Trinajstić information content (AvgIpc) is 2.63. The lowest BCUT2D eigenvalue weighted by Crippen LogP contribution is -2.10. The molecular formula is C22H21F2NO3. The van der Waals surface area contributed by atoms with E-state index in [2.05, 4.69) is 11.8 Å². The van der Waals surface area contributed by atoms with Crippen LogP contribution < -0.4 is 4.74 Å². The molecule has 0 aliphatic rings. The van der Waals surface area contributed by atoms with Crippen LogP contribution in [0.2, 0.25) is 0 Å². The maximum absolute atomic E-state index is 13.7. The van der Waals surface area contributed by atoms with Crippen molar-refractivity contribution in [1.82, 2.24) is 0 Å². The molecule has 0 bridgehead atoms. The van der Waals surface area contributed by atoms with Crippen LogP contribution in [0.1, 0.15) is 27.8 Å². The minimum Gasteiger partial charge on any atom is -0.491 e. The van der Waals surface area contributed by atoms with Gasteiger partial charge >= 0.3 is 0 Å². The largest absolute Gasteiger partial charge is 0.491 e. The molecule has 0 saturated heterocycles. The Hall–Kier alpha value is -2.93. The van der Waals surface area contributed by atoms with Crippen molar-refractivity contribution in [2.75, 3.05) is 33.5 Å². The van der Waals surface area contributed by atoms with Crippen LogP contribution in [0.5, 0.6) is 5.75 Å². The van der Waals surface area contributed by atoms with E-state index in [0.717, 1.165) is 28.8 Å². The first-order valence-electron chi connectivity index (χ1n) is 8.68. The molecule has 2 aromatic rings. The first-order valence-corrected chi connectivity index (χ1v) is 8.68. The van der Waals surface area contributed by atoms with E-state index in [-0.39, 0.29) is 5.56 Å². The van der Waals surface area contributed by atoms with Crippen LogP contribution in [0.4, 0.5) is 8.78 Å². The molecule has 0 heterocycles. The second-order valence-electron chi connectivity index (χ2n) is 6.06. The lowest BCUT2D eigenvalue weighted by atomic mass is 10.0. The molecule has 6 heteroatoms. The van der Waals surface area contributed by atoms with E-state index in [1.54, 1.807) is 7.11 Å². The molecule has 0 aromatic heterocycles. The lowest BCUT2D eigenvalue weighted by molar-refractivity contribution is 0.0544. The highest BCUT2D eigenvalue weighted by Gasteiger charge is 2.10. The third-order valence-corrected chi connectivity index (χ3v) is 3.92. The zero-order valence-corrected chi connectivity index (χ0v) is 16.1. The zero-order chi connectivity index (χ0) is 20.5. The Bertz CT molecular complexity index is 893. The van der Waals surface area contributed by atoms with Crippen molar-refractivity contribution in [3.8, 4) is 23.7 Å². The Balaban J connectivity index is 2.10. The molecule has 0 unspecified atom stereocenters. The first-order chi connectivity index (χ1) is 13.5. The maximum Gasteiger partial charge on any atom is 0.145 e. The van der Waals surface area contributed by atoms with E-state index >= 15 is 0 Å². The second-order valence-corrected chi connectivity index (χ2v) is 6.06. The van der Waals surface area contributed by atoms with Crippen LogP contribution >= 0.6 is 0 Å². The number of nitriles is 1. The van der Waals surface area contributed by atoms with Gasteiger partial charge in [-0.05, 0) is 49.2 Å². The van der Waals surface area contributed by atoms with E-state index in [4.69, 9.17) is 19.5 Å². The summed E-state index contributed by atoms with van der Waals surface area (Å²) in [5.41, 5.74) is 2.09. The molecular weight excluding hydrogens is 364 g/mol. The van der Waals surface area contributed by atoms with Gasteiger partial charge in [0, 0.05) is 18.2 Å². The van der Waals surface area contributed by atoms with Crippen LogP contribution in [0.3, 0.4) is 0 Å². The van der Waals surface area contributed by atoms with Gasteiger partial charge in [0.15, 0.2) is 0 Å². The average molecular weight is 385 g/mol. The van der Waals surface area contributed by atoms with Gasteiger partial charge in [0.25, 0.3) is 0 Å². The third kappa shape index (κ3) is 5.79. The van der Waals surface area contributed by atoms with Gasteiger partial charge in [-0.2, -0.15) is 5.26 Å². The second kappa shape index (κ2) is 10.4. The molecule has 4 nitrogen and oxygen atoms in total. The standard InChI is InChI=1S/C22H21F2NO3/c1-15-10-18(28-9-8-27-7-6-26-3)11-16(2)19(15)5-4-17-12-21(23)20(14-25)22(24)13-17/h10-13H,6-9H2,1-3H3. The zero-order valence-electron chi connectivity index (χ0n) is 16.1. The molecule has 0 radical (unpaired) electrons. The maximum atomic E-state index is 13.7. The molecule has 0 saturated carbocycles. The molecule has 0 fully saturated rings. The Morgan fingerprint density at radius 2 is 1.46 bits per heavy atom. The van der Waals surface area contributed by atoms with Crippen LogP contribution in [-0.4, -0.2) is 33.5 Å². The van der Waals surface area contributed by atoms with Crippen LogP contribution in [0.25, 0.3) is 0 Å². The van der Waals surface area contributed by atoms with Crippen molar-refractivity contribution in [3.63, 3.8) is 0 Å². The van der Waals surface area contributed by atoms with Crippen LogP contribution in [0, 0.1) is 48.7 Å². The summed E-state index contributed by atoms with van der Waals surface area (Å²) >= 11 is 0.